The molecule has 1 atom stereocenters. The minimum absolute atomic E-state index is 0.0185. The molecule has 0 saturated carbocycles. The van der Waals surface area contributed by atoms with E-state index in [9.17, 15) is 9.59 Å². The van der Waals surface area contributed by atoms with Crippen LogP contribution in [0.25, 0.3) is 0 Å². The topological polar surface area (TPSA) is 52.6 Å². The van der Waals surface area contributed by atoms with Crippen LogP contribution in [-0.4, -0.2) is 25.2 Å². The molecule has 0 aliphatic rings. The highest BCUT2D eigenvalue weighted by Crippen LogP contribution is 2.22. The summed E-state index contributed by atoms with van der Waals surface area (Å²) in [5.74, 6) is 1.19. The Morgan fingerprint density at radius 1 is 0.274 bits per heavy atom. The predicted octanol–water partition coefficient (Wildman–Crippen LogP) is 20.1. The zero-order valence-corrected chi connectivity index (χ0v) is 43.1. The van der Waals surface area contributed by atoms with Crippen LogP contribution in [0.1, 0.15) is 336 Å². The van der Waals surface area contributed by atoms with Crippen molar-refractivity contribution in [3.63, 3.8) is 0 Å². The maximum atomic E-state index is 12.5. The van der Waals surface area contributed by atoms with Crippen LogP contribution in [0.15, 0.2) is 0 Å². The molecule has 0 aromatic heterocycles. The van der Waals surface area contributed by atoms with Gasteiger partial charge < -0.3 is 9.47 Å². The van der Waals surface area contributed by atoms with Crippen molar-refractivity contribution in [1.29, 1.82) is 0 Å². The van der Waals surface area contributed by atoms with Crippen LogP contribution >= 0.6 is 0 Å². The standard InChI is InChI=1S/C58H114O4/c1-5-9-12-14-40-44-49-56(50-45-41-15-13-10-6-2)54-62-58(60)52-47-43-39-37-35-33-31-29-27-25-23-21-19-17-16-18-20-22-24-26-28-30-32-34-36-38-42-46-51-57(59)61-53-55(8-4)48-11-7-3/h55-56H,5-54H2,1-4H3. The minimum Gasteiger partial charge on any atom is -0.465 e. The van der Waals surface area contributed by atoms with E-state index in [1.807, 2.05) is 0 Å². The van der Waals surface area contributed by atoms with Crippen LogP contribution in [0.3, 0.4) is 0 Å². The van der Waals surface area contributed by atoms with Crippen molar-refractivity contribution >= 4 is 11.9 Å². The number of carbonyl (C=O) groups excluding carboxylic acids is 2. The molecule has 0 amide bonds. The lowest BCUT2D eigenvalue weighted by molar-refractivity contribution is -0.146. The highest BCUT2D eigenvalue weighted by atomic mass is 16.5. The Labute approximate surface area is 390 Å². The van der Waals surface area contributed by atoms with E-state index in [-0.39, 0.29) is 11.9 Å². The lowest BCUT2D eigenvalue weighted by Crippen LogP contribution is -2.14. The van der Waals surface area contributed by atoms with Gasteiger partial charge in [-0.2, -0.15) is 0 Å². The fourth-order valence-electron chi connectivity index (χ4n) is 9.34. The number of carbonyl (C=O) groups is 2. The number of hydrogen-bond donors (Lipinski definition) is 0. The Kier molecular flexibility index (Phi) is 51.7. The Morgan fingerprint density at radius 2 is 0.500 bits per heavy atom. The quantitative estimate of drug-likeness (QED) is 0.0451. The van der Waals surface area contributed by atoms with Crippen LogP contribution < -0.4 is 0 Å². The Morgan fingerprint density at radius 3 is 0.774 bits per heavy atom. The molecule has 0 bridgehead atoms. The van der Waals surface area contributed by atoms with Crippen LogP contribution in [0.5, 0.6) is 0 Å². The van der Waals surface area contributed by atoms with Gasteiger partial charge in [0.2, 0.25) is 0 Å². The van der Waals surface area contributed by atoms with Gasteiger partial charge in [-0.3, -0.25) is 9.59 Å². The summed E-state index contributed by atoms with van der Waals surface area (Å²) in [5.41, 5.74) is 0. The average molecular weight is 876 g/mol. The third kappa shape index (κ3) is 48.4. The molecule has 0 aliphatic carbocycles. The molecule has 0 aromatic carbocycles. The predicted molar refractivity (Wildman–Crippen MR) is 273 cm³/mol. The summed E-state index contributed by atoms with van der Waals surface area (Å²) in [6, 6.07) is 0. The first-order chi connectivity index (χ1) is 30.6. The Bertz CT molecular complexity index is 855. The third-order valence-electron chi connectivity index (χ3n) is 13.9. The molecule has 0 aliphatic heterocycles. The van der Waals surface area contributed by atoms with Crippen LogP contribution in [0.4, 0.5) is 0 Å². The first kappa shape index (κ1) is 60.9. The Hall–Kier alpha value is -1.06. The van der Waals surface area contributed by atoms with Gasteiger partial charge in [0.25, 0.3) is 0 Å². The van der Waals surface area contributed by atoms with E-state index < -0.39 is 0 Å². The molecule has 0 N–H and O–H groups in total. The molecule has 0 rings (SSSR count). The van der Waals surface area contributed by atoms with Crippen molar-refractivity contribution in [2.45, 2.75) is 336 Å². The molecule has 62 heavy (non-hydrogen) atoms. The molecule has 1 unspecified atom stereocenters. The van der Waals surface area contributed by atoms with Gasteiger partial charge in [-0.25, -0.2) is 0 Å². The first-order valence-electron chi connectivity index (χ1n) is 28.9. The SMILES string of the molecule is CCCCCCCCC(CCCCCCCC)COC(=O)CCCCCCCCCCCCCCCCCCCCCCCCCCCCCCC(=O)OCC(CC)CCCC. The van der Waals surface area contributed by atoms with Gasteiger partial charge in [-0.1, -0.05) is 291 Å². The summed E-state index contributed by atoms with van der Waals surface area (Å²) >= 11 is 0. The highest BCUT2D eigenvalue weighted by Gasteiger charge is 2.13. The lowest BCUT2D eigenvalue weighted by atomic mass is 9.94. The van der Waals surface area contributed by atoms with E-state index in [4.69, 9.17) is 9.47 Å². The average Bonchev–Trinajstić information content (AvgIpc) is 3.28. The summed E-state index contributed by atoms with van der Waals surface area (Å²) in [6.45, 7) is 10.3. The van der Waals surface area contributed by atoms with Gasteiger partial charge in [0.05, 0.1) is 13.2 Å². The molecule has 0 heterocycles. The molecular formula is C58H114O4. The summed E-state index contributed by atoms with van der Waals surface area (Å²) in [5, 5.41) is 0. The maximum Gasteiger partial charge on any atom is 0.305 e. The molecule has 4 nitrogen and oxygen atoms in total. The zero-order chi connectivity index (χ0) is 45.1. The fraction of sp³-hybridized carbons (Fsp3) is 0.966. The van der Waals surface area contributed by atoms with Crippen molar-refractivity contribution in [3.8, 4) is 0 Å². The van der Waals surface area contributed by atoms with Gasteiger partial charge in [0, 0.05) is 12.8 Å². The van der Waals surface area contributed by atoms with E-state index in [2.05, 4.69) is 27.7 Å². The van der Waals surface area contributed by atoms with Gasteiger partial charge in [-0.15, -0.1) is 0 Å². The van der Waals surface area contributed by atoms with E-state index in [1.165, 1.54) is 276 Å². The largest absolute Gasteiger partial charge is 0.465 e. The second kappa shape index (κ2) is 52.6. The first-order valence-corrected chi connectivity index (χ1v) is 28.9. The zero-order valence-electron chi connectivity index (χ0n) is 43.1. The normalized spacial score (nSPS) is 12.1. The molecule has 0 spiro atoms. The number of esters is 2. The fourth-order valence-corrected chi connectivity index (χ4v) is 9.34. The molecular weight excluding hydrogens is 761 g/mol. The Balaban J connectivity index is 3.44. The van der Waals surface area contributed by atoms with Crippen molar-refractivity contribution < 1.29 is 19.1 Å². The second-order valence-electron chi connectivity index (χ2n) is 20.2. The maximum absolute atomic E-state index is 12.5. The summed E-state index contributed by atoms with van der Waals surface area (Å²) in [6.07, 6.45) is 62.6. The summed E-state index contributed by atoms with van der Waals surface area (Å²) in [7, 11) is 0. The number of hydrogen-bond acceptors (Lipinski definition) is 4. The van der Waals surface area contributed by atoms with Gasteiger partial charge in [-0.05, 0) is 43.9 Å². The molecule has 0 fully saturated rings. The highest BCUT2D eigenvalue weighted by molar-refractivity contribution is 5.69. The van der Waals surface area contributed by atoms with Crippen molar-refractivity contribution in [2.24, 2.45) is 11.8 Å². The minimum atomic E-state index is 0.0185. The van der Waals surface area contributed by atoms with Crippen LogP contribution in [-0.2, 0) is 19.1 Å². The molecule has 0 saturated heterocycles. The number of rotatable bonds is 53. The van der Waals surface area contributed by atoms with E-state index in [1.54, 1.807) is 0 Å². The monoisotopic (exact) mass is 875 g/mol. The van der Waals surface area contributed by atoms with Gasteiger partial charge in [0.15, 0.2) is 0 Å². The van der Waals surface area contributed by atoms with Crippen LogP contribution in [0.2, 0.25) is 0 Å². The molecule has 4 heteroatoms. The van der Waals surface area contributed by atoms with Crippen molar-refractivity contribution in [1.82, 2.24) is 0 Å². The van der Waals surface area contributed by atoms with Gasteiger partial charge in [0.1, 0.15) is 0 Å². The van der Waals surface area contributed by atoms with Crippen molar-refractivity contribution in [2.75, 3.05) is 13.2 Å². The number of ether oxygens (including phenoxy) is 2. The van der Waals surface area contributed by atoms with Crippen molar-refractivity contribution in [3.05, 3.63) is 0 Å². The third-order valence-corrected chi connectivity index (χ3v) is 13.9. The summed E-state index contributed by atoms with van der Waals surface area (Å²) in [4.78, 5) is 24.5. The van der Waals surface area contributed by atoms with E-state index >= 15 is 0 Å². The van der Waals surface area contributed by atoms with E-state index in [0.717, 1.165) is 19.3 Å². The number of unbranched alkanes of at least 4 members (excludes halogenated alkanes) is 38. The molecule has 0 radical (unpaired) electrons. The molecule has 370 valence electrons. The summed E-state index contributed by atoms with van der Waals surface area (Å²) < 4.78 is 11.4. The van der Waals surface area contributed by atoms with E-state index in [0.29, 0.717) is 37.9 Å². The van der Waals surface area contributed by atoms with Gasteiger partial charge >= 0.3 is 11.9 Å². The van der Waals surface area contributed by atoms with Crippen LogP contribution in [0, 0.1) is 11.8 Å². The smallest absolute Gasteiger partial charge is 0.305 e. The molecule has 0 aromatic rings. The lowest BCUT2D eigenvalue weighted by Gasteiger charge is -2.17. The second-order valence-corrected chi connectivity index (χ2v) is 20.2.